The van der Waals surface area contributed by atoms with Crippen molar-refractivity contribution in [1.29, 1.82) is 0 Å². The molecule has 0 atom stereocenters. The van der Waals surface area contributed by atoms with Gasteiger partial charge in [-0.05, 0) is 30.7 Å². The second-order valence-corrected chi connectivity index (χ2v) is 4.78. The Bertz CT molecular complexity index is 324. The fraction of sp³-hybridized carbons (Fsp3) is 0.500. The predicted octanol–water partition coefficient (Wildman–Crippen LogP) is 3.70. The maximum atomic E-state index is 10.7. The highest BCUT2D eigenvalue weighted by molar-refractivity contribution is 7.99. The Morgan fingerprint density at radius 3 is 2.59 bits per heavy atom. The van der Waals surface area contributed by atoms with Crippen LogP contribution in [0.2, 0.25) is 0 Å². The number of aldehydes is 1. The normalized spacial score (nSPS) is 9.41. The second-order valence-electron chi connectivity index (χ2n) is 3.64. The SMILES string of the molecule is CCCCCSc1cccc(C=O)c1C.CO. The standard InChI is InChI=1S/C13H18OS.CH4O/c1-3-4-5-9-15-13-8-6-7-12(10-14)11(13)2;1-2/h6-8,10H,3-5,9H2,1-2H3;2H,1H3. The van der Waals surface area contributed by atoms with Gasteiger partial charge in [-0.1, -0.05) is 31.9 Å². The highest BCUT2D eigenvalue weighted by atomic mass is 32.2. The lowest BCUT2D eigenvalue weighted by Crippen LogP contribution is -1.89. The molecule has 0 saturated carbocycles. The summed E-state index contributed by atoms with van der Waals surface area (Å²) in [6, 6.07) is 5.93. The molecule has 0 aliphatic heterocycles. The third-order valence-electron chi connectivity index (χ3n) is 2.46. The number of aliphatic hydroxyl groups excluding tert-OH is 1. The van der Waals surface area contributed by atoms with Gasteiger partial charge in [0.2, 0.25) is 0 Å². The van der Waals surface area contributed by atoms with Crippen molar-refractivity contribution in [3.63, 3.8) is 0 Å². The minimum Gasteiger partial charge on any atom is -0.400 e. The minimum absolute atomic E-state index is 0.815. The Kier molecular flexibility index (Phi) is 9.87. The summed E-state index contributed by atoms with van der Waals surface area (Å²) in [6.45, 7) is 4.23. The van der Waals surface area contributed by atoms with E-state index in [4.69, 9.17) is 5.11 Å². The van der Waals surface area contributed by atoms with Gasteiger partial charge >= 0.3 is 0 Å². The number of thioether (sulfide) groups is 1. The van der Waals surface area contributed by atoms with Crippen LogP contribution in [0, 0.1) is 6.92 Å². The number of hydrogen-bond acceptors (Lipinski definition) is 3. The van der Waals surface area contributed by atoms with E-state index in [2.05, 4.69) is 13.0 Å². The topological polar surface area (TPSA) is 37.3 Å². The Morgan fingerprint density at radius 1 is 1.29 bits per heavy atom. The van der Waals surface area contributed by atoms with Crippen LogP contribution in [0.25, 0.3) is 0 Å². The molecule has 17 heavy (non-hydrogen) atoms. The Labute approximate surface area is 108 Å². The highest BCUT2D eigenvalue weighted by Crippen LogP contribution is 2.25. The van der Waals surface area contributed by atoms with Crippen molar-refractivity contribution in [2.45, 2.75) is 38.0 Å². The van der Waals surface area contributed by atoms with E-state index < -0.39 is 0 Å². The van der Waals surface area contributed by atoms with Crippen LogP contribution in [0.3, 0.4) is 0 Å². The summed E-state index contributed by atoms with van der Waals surface area (Å²) in [5.41, 5.74) is 1.93. The van der Waals surface area contributed by atoms with Gasteiger partial charge in [-0.15, -0.1) is 11.8 Å². The minimum atomic E-state index is 0.815. The van der Waals surface area contributed by atoms with Crippen molar-refractivity contribution >= 4 is 18.0 Å². The van der Waals surface area contributed by atoms with Crippen LogP contribution in [-0.4, -0.2) is 24.3 Å². The zero-order valence-corrected chi connectivity index (χ0v) is 11.7. The Balaban J connectivity index is 0.00000121. The summed E-state index contributed by atoms with van der Waals surface area (Å²) in [5.74, 6) is 1.15. The molecule has 0 aromatic heterocycles. The maximum absolute atomic E-state index is 10.7. The third-order valence-corrected chi connectivity index (χ3v) is 3.70. The number of carbonyl (C=O) groups excluding carboxylic acids is 1. The number of rotatable bonds is 6. The predicted molar refractivity (Wildman–Crippen MR) is 75.0 cm³/mol. The molecule has 96 valence electrons. The monoisotopic (exact) mass is 254 g/mol. The van der Waals surface area contributed by atoms with Gasteiger partial charge in [-0.2, -0.15) is 0 Å². The Hall–Kier alpha value is -0.800. The van der Waals surface area contributed by atoms with E-state index in [1.807, 2.05) is 30.8 Å². The molecule has 0 fully saturated rings. The molecule has 2 nitrogen and oxygen atoms in total. The molecular weight excluding hydrogens is 232 g/mol. The summed E-state index contributed by atoms with van der Waals surface area (Å²) in [7, 11) is 1.00. The van der Waals surface area contributed by atoms with Crippen LogP contribution in [0.1, 0.15) is 42.1 Å². The maximum Gasteiger partial charge on any atom is 0.150 e. The molecule has 1 rings (SSSR count). The average molecular weight is 254 g/mol. The van der Waals surface area contributed by atoms with Gasteiger partial charge in [-0.25, -0.2) is 0 Å². The van der Waals surface area contributed by atoms with Gasteiger partial charge < -0.3 is 5.11 Å². The summed E-state index contributed by atoms with van der Waals surface area (Å²) in [4.78, 5) is 12.0. The van der Waals surface area contributed by atoms with E-state index in [9.17, 15) is 4.79 Å². The van der Waals surface area contributed by atoms with Crippen LogP contribution >= 0.6 is 11.8 Å². The van der Waals surface area contributed by atoms with Crippen LogP contribution < -0.4 is 0 Å². The first-order chi connectivity index (χ1) is 8.29. The van der Waals surface area contributed by atoms with Crippen molar-refractivity contribution in [2.75, 3.05) is 12.9 Å². The lowest BCUT2D eigenvalue weighted by atomic mass is 10.1. The zero-order chi connectivity index (χ0) is 13.1. The van der Waals surface area contributed by atoms with Gasteiger partial charge in [0, 0.05) is 17.6 Å². The molecule has 3 heteroatoms. The average Bonchev–Trinajstić information content (AvgIpc) is 2.39. The highest BCUT2D eigenvalue weighted by Gasteiger charge is 2.02. The molecule has 0 saturated heterocycles. The summed E-state index contributed by atoms with van der Waals surface area (Å²) >= 11 is 1.86. The molecule has 1 aromatic carbocycles. The smallest absolute Gasteiger partial charge is 0.150 e. The van der Waals surface area contributed by atoms with E-state index in [0.717, 1.165) is 30.3 Å². The lowest BCUT2D eigenvalue weighted by molar-refractivity contribution is 0.112. The molecule has 0 bridgehead atoms. The molecule has 0 heterocycles. The van der Waals surface area contributed by atoms with Gasteiger partial charge in [0.1, 0.15) is 6.29 Å². The number of carbonyl (C=O) groups is 1. The molecule has 0 aliphatic rings. The van der Waals surface area contributed by atoms with Crippen molar-refractivity contribution in [2.24, 2.45) is 0 Å². The van der Waals surface area contributed by atoms with Crippen molar-refractivity contribution in [1.82, 2.24) is 0 Å². The molecule has 0 aliphatic carbocycles. The summed E-state index contributed by atoms with van der Waals surface area (Å²) in [5, 5.41) is 7.00. The quantitative estimate of drug-likeness (QED) is 0.478. The van der Waals surface area contributed by atoms with Gasteiger partial charge in [0.05, 0.1) is 0 Å². The van der Waals surface area contributed by atoms with Gasteiger partial charge in [0.15, 0.2) is 0 Å². The van der Waals surface area contributed by atoms with Crippen LogP contribution in [0.4, 0.5) is 0 Å². The Morgan fingerprint density at radius 2 is 2.00 bits per heavy atom. The van der Waals surface area contributed by atoms with Gasteiger partial charge in [-0.3, -0.25) is 4.79 Å². The van der Waals surface area contributed by atoms with Crippen molar-refractivity contribution in [3.8, 4) is 0 Å². The second kappa shape index (κ2) is 10.4. The number of hydrogen-bond donors (Lipinski definition) is 1. The zero-order valence-electron chi connectivity index (χ0n) is 10.9. The van der Waals surface area contributed by atoms with Crippen molar-refractivity contribution < 1.29 is 9.90 Å². The lowest BCUT2D eigenvalue weighted by Gasteiger charge is -2.06. The van der Waals surface area contributed by atoms with E-state index in [-0.39, 0.29) is 0 Å². The molecule has 1 N–H and O–H groups in total. The van der Waals surface area contributed by atoms with Crippen molar-refractivity contribution in [3.05, 3.63) is 29.3 Å². The fourth-order valence-electron chi connectivity index (χ4n) is 1.45. The van der Waals surface area contributed by atoms with E-state index in [1.54, 1.807) is 0 Å². The number of benzene rings is 1. The first-order valence-electron chi connectivity index (χ1n) is 5.92. The molecule has 0 spiro atoms. The van der Waals surface area contributed by atoms with E-state index in [1.165, 1.54) is 24.2 Å². The molecular formula is C14H22O2S. The molecule has 0 unspecified atom stereocenters. The largest absolute Gasteiger partial charge is 0.400 e. The summed E-state index contributed by atoms with van der Waals surface area (Å²) < 4.78 is 0. The third kappa shape index (κ3) is 5.89. The van der Waals surface area contributed by atoms with Gasteiger partial charge in [0.25, 0.3) is 0 Å². The van der Waals surface area contributed by atoms with Crippen LogP contribution in [0.5, 0.6) is 0 Å². The summed E-state index contributed by atoms with van der Waals surface area (Å²) in [6.07, 6.45) is 4.74. The number of aliphatic hydroxyl groups is 1. The number of unbranched alkanes of at least 4 members (excludes halogenated alkanes) is 2. The molecule has 0 radical (unpaired) electrons. The van der Waals surface area contributed by atoms with Crippen LogP contribution in [-0.2, 0) is 0 Å². The van der Waals surface area contributed by atoms with E-state index in [0.29, 0.717) is 0 Å². The fourth-order valence-corrected chi connectivity index (χ4v) is 2.53. The first-order valence-corrected chi connectivity index (χ1v) is 6.90. The first kappa shape index (κ1) is 16.2. The molecule has 0 amide bonds. The molecule has 1 aromatic rings. The van der Waals surface area contributed by atoms with E-state index >= 15 is 0 Å². The van der Waals surface area contributed by atoms with Crippen LogP contribution in [0.15, 0.2) is 23.1 Å².